The summed E-state index contributed by atoms with van der Waals surface area (Å²) in [6.07, 6.45) is 1.60. The highest BCUT2D eigenvalue weighted by molar-refractivity contribution is 7.98. The topological polar surface area (TPSA) is 99.6 Å². The van der Waals surface area contributed by atoms with Gasteiger partial charge in [0.25, 0.3) is 5.91 Å². The van der Waals surface area contributed by atoms with E-state index >= 15 is 0 Å². The molecule has 1 aliphatic heterocycles. The van der Waals surface area contributed by atoms with E-state index in [4.69, 9.17) is 14.2 Å². The molecule has 29 heavy (non-hydrogen) atoms. The lowest BCUT2D eigenvalue weighted by atomic mass is 10.1. The molecule has 154 valence electrons. The van der Waals surface area contributed by atoms with Crippen LogP contribution in [0.5, 0.6) is 11.5 Å². The molecule has 0 bridgehead atoms. The molecule has 1 aliphatic rings. The predicted molar refractivity (Wildman–Crippen MR) is 108 cm³/mol. The van der Waals surface area contributed by atoms with E-state index in [1.54, 1.807) is 18.2 Å². The molecule has 0 saturated heterocycles. The van der Waals surface area contributed by atoms with E-state index in [0.29, 0.717) is 28.8 Å². The van der Waals surface area contributed by atoms with Crippen LogP contribution in [0.25, 0.3) is 0 Å². The van der Waals surface area contributed by atoms with Crippen molar-refractivity contribution in [1.82, 2.24) is 9.97 Å². The lowest BCUT2D eigenvalue weighted by molar-refractivity contribution is -0.153. The minimum Gasteiger partial charge on any atom is -0.454 e. The van der Waals surface area contributed by atoms with E-state index in [1.807, 2.05) is 20.1 Å². The molecule has 0 fully saturated rings. The Bertz CT molecular complexity index is 911. The minimum atomic E-state index is -0.926. The quantitative estimate of drug-likeness (QED) is 0.417. The van der Waals surface area contributed by atoms with Crippen LogP contribution in [0.15, 0.2) is 23.4 Å². The molecule has 1 amide bonds. The van der Waals surface area contributed by atoms with Crippen LogP contribution in [0.1, 0.15) is 30.3 Å². The molecule has 1 aromatic heterocycles. The number of aromatic nitrogens is 2. The Labute approximate surface area is 173 Å². The lowest BCUT2D eigenvalue weighted by Crippen LogP contribution is -2.30. The number of amides is 1. The van der Waals surface area contributed by atoms with Crippen molar-refractivity contribution in [2.75, 3.05) is 18.4 Å². The molecule has 9 heteroatoms. The number of nitrogens with zero attached hydrogens (tertiary/aromatic N) is 2. The Morgan fingerprint density at radius 3 is 2.59 bits per heavy atom. The van der Waals surface area contributed by atoms with Crippen LogP contribution < -0.4 is 14.8 Å². The van der Waals surface area contributed by atoms with Gasteiger partial charge in [0.05, 0.1) is 0 Å². The second kappa shape index (κ2) is 9.13. The van der Waals surface area contributed by atoms with Crippen molar-refractivity contribution in [3.8, 4) is 11.5 Å². The Balaban J connectivity index is 1.52. The molecule has 0 saturated carbocycles. The first-order valence-electron chi connectivity index (χ1n) is 9.15. The second-order valence-corrected chi connectivity index (χ2v) is 7.32. The zero-order chi connectivity index (χ0) is 21.0. The molecule has 2 heterocycles. The molecule has 1 atom stereocenters. The van der Waals surface area contributed by atoms with Gasteiger partial charge in [-0.25, -0.2) is 9.97 Å². The molecule has 8 nitrogen and oxygen atoms in total. The summed E-state index contributed by atoms with van der Waals surface area (Å²) in [5.41, 5.74) is 3.17. The molecule has 2 aromatic rings. The third kappa shape index (κ3) is 5.17. The van der Waals surface area contributed by atoms with Gasteiger partial charge < -0.3 is 19.5 Å². The van der Waals surface area contributed by atoms with Crippen molar-refractivity contribution in [1.29, 1.82) is 0 Å². The highest BCUT2D eigenvalue weighted by atomic mass is 32.2. The van der Waals surface area contributed by atoms with Crippen molar-refractivity contribution < 1.29 is 23.8 Å². The first-order chi connectivity index (χ1) is 13.9. The Hall–Kier alpha value is -2.81. The van der Waals surface area contributed by atoms with Crippen molar-refractivity contribution in [2.24, 2.45) is 0 Å². The number of esters is 1. The SMILES string of the molecule is CSc1nc(C)c(CCC(=O)O[C@H](C)C(=O)Nc2ccc3c(c2)OCO3)c(C)n1. The zero-order valence-corrected chi connectivity index (χ0v) is 17.6. The maximum absolute atomic E-state index is 12.3. The Morgan fingerprint density at radius 2 is 1.90 bits per heavy atom. The van der Waals surface area contributed by atoms with Crippen molar-refractivity contribution >= 4 is 29.3 Å². The molecular formula is C20H23N3O5S. The van der Waals surface area contributed by atoms with Crippen LogP contribution in [-0.4, -0.2) is 41.0 Å². The fraction of sp³-hybridized carbons (Fsp3) is 0.400. The second-order valence-electron chi connectivity index (χ2n) is 6.55. The van der Waals surface area contributed by atoms with Gasteiger partial charge in [0.15, 0.2) is 22.8 Å². The van der Waals surface area contributed by atoms with Gasteiger partial charge in [-0.3, -0.25) is 9.59 Å². The summed E-state index contributed by atoms with van der Waals surface area (Å²) in [6.45, 7) is 5.49. The number of benzene rings is 1. The third-order valence-corrected chi connectivity index (χ3v) is 5.03. The van der Waals surface area contributed by atoms with E-state index in [2.05, 4.69) is 15.3 Å². The number of aryl methyl sites for hydroxylation is 2. The number of fused-ring (bicyclic) bond motifs is 1. The van der Waals surface area contributed by atoms with E-state index in [-0.39, 0.29) is 13.2 Å². The van der Waals surface area contributed by atoms with Gasteiger partial charge in [0.2, 0.25) is 6.79 Å². The number of carbonyl (C=O) groups is 2. The monoisotopic (exact) mass is 417 g/mol. The molecule has 0 unspecified atom stereocenters. The van der Waals surface area contributed by atoms with Gasteiger partial charge in [0.1, 0.15) is 0 Å². The Morgan fingerprint density at radius 1 is 1.21 bits per heavy atom. The summed E-state index contributed by atoms with van der Waals surface area (Å²) in [5.74, 6) is 0.318. The van der Waals surface area contributed by atoms with E-state index in [9.17, 15) is 9.59 Å². The molecule has 0 radical (unpaired) electrons. The first-order valence-corrected chi connectivity index (χ1v) is 10.4. The van der Waals surface area contributed by atoms with E-state index < -0.39 is 18.0 Å². The highest BCUT2D eigenvalue weighted by Crippen LogP contribution is 2.34. The van der Waals surface area contributed by atoms with E-state index in [1.165, 1.54) is 18.7 Å². The third-order valence-electron chi connectivity index (χ3n) is 4.48. The summed E-state index contributed by atoms with van der Waals surface area (Å²) in [7, 11) is 0. The molecule has 0 aliphatic carbocycles. The fourth-order valence-electron chi connectivity index (χ4n) is 2.92. The van der Waals surface area contributed by atoms with Crippen LogP contribution in [0.4, 0.5) is 5.69 Å². The number of thioether (sulfide) groups is 1. The first kappa shape index (κ1) is 20.9. The average Bonchev–Trinajstić information content (AvgIpc) is 3.14. The fourth-order valence-corrected chi connectivity index (χ4v) is 3.37. The van der Waals surface area contributed by atoms with Crippen LogP contribution in [0, 0.1) is 13.8 Å². The summed E-state index contributed by atoms with van der Waals surface area (Å²) in [4.78, 5) is 33.3. The lowest BCUT2D eigenvalue weighted by Gasteiger charge is -2.14. The number of carbonyl (C=O) groups excluding carboxylic acids is 2. The summed E-state index contributed by atoms with van der Waals surface area (Å²) in [6, 6.07) is 5.08. The van der Waals surface area contributed by atoms with Gasteiger partial charge in [-0.1, -0.05) is 11.8 Å². The number of nitrogens with one attached hydrogen (secondary N) is 1. The normalized spacial score (nSPS) is 13.1. The summed E-state index contributed by atoms with van der Waals surface area (Å²) < 4.78 is 15.8. The summed E-state index contributed by atoms with van der Waals surface area (Å²) in [5, 5.41) is 3.42. The number of anilines is 1. The molecule has 1 N–H and O–H groups in total. The van der Waals surface area contributed by atoms with Gasteiger partial charge in [0, 0.05) is 29.6 Å². The van der Waals surface area contributed by atoms with Crippen LogP contribution in [0.3, 0.4) is 0 Å². The van der Waals surface area contributed by atoms with Gasteiger partial charge >= 0.3 is 5.97 Å². The molecule has 1 aromatic carbocycles. The summed E-state index contributed by atoms with van der Waals surface area (Å²) >= 11 is 1.48. The van der Waals surface area contributed by atoms with Crippen LogP contribution in [-0.2, 0) is 20.7 Å². The number of hydrogen-bond donors (Lipinski definition) is 1. The zero-order valence-electron chi connectivity index (χ0n) is 16.8. The van der Waals surface area contributed by atoms with E-state index in [0.717, 1.165) is 17.0 Å². The molecular weight excluding hydrogens is 394 g/mol. The number of ether oxygens (including phenoxy) is 3. The molecule has 3 rings (SSSR count). The maximum Gasteiger partial charge on any atom is 0.306 e. The highest BCUT2D eigenvalue weighted by Gasteiger charge is 2.20. The number of rotatable bonds is 7. The average molecular weight is 417 g/mol. The largest absolute Gasteiger partial charge is 0.454 e. The smallest absolute Gasteiger partial charge is 0.306 e. The minimum absolute atomic E-state index is 0.144. The standard InChI is InChI=1S/C20H23N3O5S/c1-11-15(12(2)22-20(21-11)29-4)6-8-18(24)28-13(3)19(25)23-14-5-7-16-17(9-14)27-10-26-16/h5,7,9,13H,6,8,10H2,1-4H3,(H,23,25)/t13-/m1/s1. The van der Waals surface area contributed by atoms with Crippen molar-refractivity contribution in [3.05, 3.63) is 35.2 Å². The predicted octanol–water partition coefficient (Wildman–Crippen LogP) is 3.05. The number of hydrogen-bond acceptors (Lipinski definition) is 8. The van der Waals surface area contributed by atoms with Crippen LogP contribution >= 0.6 is 11.8 Å². The van der Waals surface area contributed by atoms with Gasteiger partial charge in [-0.05, 0) is 51.1 Å². The maximum atomic E-state index is 12.3. The van der Waals surface area contributed by atoms with Crippen molar-refractivity contribution in [2.45, 2.75) is 44.9 Å². The molecule has 0 spiro atoms. The Kier molecular flexibility index (Phi) is 6.58. The van der Waals surface area contributed by atoms with Gasteiger partial charge in [-0.15, -0.1) is 0 Å². The van der Waals surface area contributed by atoms with Crippen molar-refractivity contribution in [3.63, 3.8) is 0 Å². The van der Waals surface area contributed by atoms with Crippen LogP contribution in [0.2, 0.25) is 0 Å². The van der Waals surface area contributed by atoms with Gasteiger partial charge in [-0.2, -0.15) is 0 Å².